The predicted molar refractivity (Wildman–Crippen MR) is 78.0 cm³/mol. The number of carbonyl (C=O) groups is 2. The quantitative estimate of drug-likeness (QED) is 0.796. The summed E-state index contributed by atoms with van der Waals surface area (Å²) in [4.78, 5) is 26.0. The molecule has 1 aliphatic heterocycles. The maximum atomic E-state index is 12.2. The number of nitrogens with one attached hydrogen (secondary N) is 1. The number of amides is 2. The Kier molecular flexibility index (Phi) is 6.46. The molecule has 5 heteroatoms. The van der Waals surface area contributed by atoms with E-state index in [1.54, 1.807) is 11.8 Å². The van der Waals surface area contributed by atoms with Crippen LogP contribution in [0.25, 0.3) is 0 Å². The van der Waals surface area contributed by atoms with E-state index in [0.29, 0.717) is 13.0 Å². The Morgan fingerprint density at radius 3 is 2.50 bits per heavy atom. The van der Waals surface area contributed by atoms with Crippen molar-refractivity contribution >= 4 is 11.8 Å². The van der Waals surface area contributed by atoms with Crippen LogP contribution in [0.3, 0.4) is 0 Å². The van der Waals surface area contributed by atoms with Gasteiger partial charge in [0.05, 0.1) is 12.0 Å². The molecule has 116 valence electrons. The highest BCUT2D eigenvalue weighted by Gasteiger charge is 2.29. The van der Waals surface area contributed by atoms with Crippen LogP contribution in [-0.2, 0) is 9.59 Å². The van der Waals surface area contributed by atoms with Crippen LogP contribution in [0.5, 0.6) is 0 Å². The molecule has 0 bridgehead atoms. The van der Waals surface area contributed by atoms with Gasteiger partial charge in [0.1, 0.15) is 0 Å². The second-order valence-electron chi connectivity index (χ2n) is 6.27. The van der Waals surface area contributed by atoms with Gasteiger partial charge in [-0.1, -0.05) is 13.8 Å². The Balaban J connectivity index is 2.50. The number of hydrogen-bond acceptors (Lipinski definition) is 3. The summed E-state index contributed by atoms with van der Waals surface area (Å²) in [6.07, 6.45) is 1.83. The van der Waals surface area contributed by atoms with E-state index in [-0.39, 0.29) is 29.7 Å². The summed E-state index contributed by atoms with van der Waals surface area (Å²) in [5, 5.41) is 12.3. The highest BCUT2D eigenvalue weighted by Crippen LogP contribution is 2.19. The van der Waals surface area contributed by atoms with Crippen molar-refractivity contribution < 1.29 is 14.7 Å². The molecule has 1 saturated heterocycles. The summed E-state index contributed by atoms with van der Waals surface area (Å²) in [7, 11) is 0. The first-order valence-corrected chi connectivity index (χ1v) is 7.58. The SMILES string of the molecule is CC(O)CC(C)NC(=O)C1CCCN(C(=O)C(C)C)C1. The van der Waals surface area contributed by atoms with Crippen LogP contribution in [0.4, 0.5) is 0 Å². The summed E-state index contributed by atoms with van der Waals surface area (Å²) in [6, 6.07) is -0.0429. The smallest absolute Gasteiger partial charge is 0.225 e. The lowest BCUT2D eigenvalue weighted by Gasteiger charge is -2.33. The summed E-state index contributed by atoms with van der Waals surface area (Å²) >= 11 is 0. The molecule has 0 aromatic heterocycles. The number of aliphatic hydroxyl groups excluding tert-OH is 1. The fraction of sp³-hybridized carbons (Fsp3) is 0.867. The Bertz CT molecular complexity index is 342. The molecule has 0 aliphatic carbocycles. The summed E-state index contributed by atoms with van der Waals surface area (Å²) in [6.45, 7) is 8.65. The van der Waals surface area contributed by atoms with E-state index in [4.69, 9.17) is 0 Å². The normalized spacial score (nSPS) is 22.5. The molecule has 3 atom stereocenters. The third-order valence-corrected chi connectivity index (χ3v) is 3.68. The van der Waals surface area contributed by atoms with Crippen molar-refractivity contribution in [3.63, 3.8) is 0 Å². The first kappa shape index (κ1) is 17.0. The van der Waals surface area contributed by atoms with Crippen molar-refractivity contribution in [3.8, 4) is 0 Å². The minimum Gasteiger partial charge on any atom is -0.393 e. The van der Waals surface area contributed by atoms with Crippen LogP contribution in [0.1, 0.15) is 47.0 Å². The van der Waals surface area contributed by atoms with E-state index in [0.717, 1.165) is 19.4 Å². The van der Waals surface area contributed by atoms with E-state index < -0.39 is 6.10 Å². The molecule has 1 heterocycles. The lowest BCUT2D eigenvalue weighted by atomic mass is 9.95. The van der Waals surface area contributed by atoms with Crippen LogP contribution in [0.15, 0.2) is 0 Å². The lowest BCUT2D eigenvalue weighted by molar-refractivity contribution is -0.138. The molecule has 1 rings (SSSR count). The molecule has 0 saturated carbocycles. The number of likely N-dealkylation sites (tertiary alicyclic amines) is 1. The zero-order valence-corrected chi connectivity index (χ0v) is 13.1. The third kappa shape index (κ3) is 5.12. The van der Waals surface area contributed by atoms with Gasteiger partial charge in [-0.3, -0.25) is 9.59 Å². The Morgan fingerprint density at radius 2 is 1.95 bits per heavy atom. The van der Waals surface area contributed by atoms with Gasteiger partial charge in [-0.15, -0.1) is 0 Å². The summed E-state index contributed by atoms with van der Waals surface area (Å²) < 4.78 is 0. The van der Waals surface area contributed by atoms with Crippen molar-refractivity contribution in [2.24, 2.45) is 11.8 Å². The molecule has 0 aromatic rings. The Hall–Kier alpha value is -1.10. The molecule has 0 aromatic carbocycles. The van der Waals surface area contributed by atoms with Gasteiger partial charge in [-0.2, -0.15) is 0 Å². The van der Waals surface area contributed by atoms with Gasteiger partial charge < -0.3 is 15.3 Å². The van der Waals surface area contributed by atoms with Crippen LogP contribution >= 0.6 is 0 Å². The molecular formula is C15H28N2O3. The maximum absolute atomic E-state index is 12.2. The minimum atomic E-state index is -0.421. The van der Waals surface area contributed by atoms with Gasteiger partial charge in [0, 0.05) is 25.0 Å². The highest BCUT2D eigenvalue weighted by molar-refractivity contribution is 5.82. The van der Waals surface area contributed by atoms with Gasteiger partial charge in [-0.05, 0) is 33.1 Å². The van der Waals surface area contributed by atoms with E-state index in [1.807, 2.05) is 20.8 Å². The molecule has 1 aliphatic rings. The topological polar surface area (TPSA) is 69.6 Å². The van der Waals surface area contributed by atoms with Crippen LogP contribution in [-0.4, -0.2) is 47.1 Å². The van der Waals surface area contributed by atoms with E-state index in [2.05, 4.69) is 5.32 Å². The van der Waals surface area contributed by atoms with Crippen molar-refractivity contribution in [1.29, 1.82) is 0 Å². The van der Waals surface area contributed by atoms with Crippen LogP contribution < -0.4 is 5.32 Å². The van der Waals surface area contributed by atoms with Gasteiger partial charge in [-0.25, -0.2) is 0 Å². The van der Waals surface area contributed by atoms with Gasteiger partial charge in [0.15, 0.2) is 0 Å². The Labute approximate surface area is 121 Å². The molecule has 3 unspecified atom stereocenters. The molecule has 2 N–H and O–H groups in total. The van der Waals surface area contributed by atoms with Crippen molar-refractivity contribution in [2.45, 2.75) is 59.1 Å². The molecule has 0 spiro atoms. The van der Waals surface area contributed by atoms with Crippen molar-refractivity contribution in [2.75, 3.05) is 13.1 Å². The molecule has 5 nitrogen and oxygen atoms in total. The molecule has 0 radical (unpaired) electrons. The van der Waals surface area contributed by atoms with E-state index >= 15 is 0 Å². The fourth-order valence-electron chi connectivity index (χ4n) is 2.69. The second-order valence-corrected chi connectivity index (χ2v) is 6.27. The first-order valence-electron chi connectivity index (χ1n) is 7.58. The zero-order chi connectivity index (χ0) is 15.3. The average molecular weight is 284 g/mol. The average Bonchev–Trinajstić information content (AvgIpc) is 2.36. The largest absolute Gasteiger partial charge is 0.393 e. The number of aliphatic hydroxyl groups is 1. The lowest BCUT2D eigenvalue weighted by Crippen LogP contribution is -2.48. The molecular weight excluding hydrogens is 256 g/mol. The summed E-state index contributed by atoms with van der Waals surface area (Å²) in [5.74, 6) is -0.0205. The number of carbonyl (C=O) groups excluding carboxylic acids is 2. The van der Waals surface area contributed by atoms with E-state index in [9.17, 15) is 14.7 Å². The van der Waals surface area contributed by atoms with Crippen LogP contribution in [0, 0.1) is 11.8 Å². The van der Waals surface area contributed by atoms with Crippen molar-refractivity contribution in [3.05, 3.63) is 0 Å². The van der Waals surface area contributed by atoms with Crippen LogP contribution in [0.2, 0.25) is 0 Å². The number of hydrogen-bond donors (Lipinski definition) is 2. The number of piperidine rings is 1. The Morgan fingerprint density at radius 1 is 1.30 bits per heavy atom. The van der Waals surface area contributed by atoms with Gasteiger partial charge in [0.2, 0.25) is 11.8 Å². The van der Waals surface area contributed by atoms with Gasteiger partial charge in [0.25, 0.3) is 0 Å². The predicted octanol–water partition coefficient (Wildman–Crippen LogP) is 1.16. The minimum absolute atomic E-state index is 0.000550. The highest BCUT2D eigenvalue weighted by atomic mass is 16.3. The fourth-order valence-corrected chi connectivity index (χ4v) is 2.69. The number of nitrogens with zero attached hydrogens (tertiary/aromatic N) is 1. The molecule has 1 fully saturated rings. The monoisotopic (exact) mass is 284 g/mol. The third-order valence-electron chi connectivity index (χ3n) is 3.68. The molecule has 20 heavy (non-hydrogen) atoms. The van der Waals surface area contributed by atoms with Gasteiger partial charge >= 0.3 is 0 Å². The molecule has 2 amide bonds. The van der Waals surface area contributed by atoms with Crippen molar-refractivity contribution in [1.82, 2.24) is 10.2 Å². The first-order chi connectivity index (χ1) is 9.31. The standard InChI is InChI=1S/C15H28N2O3/c1-10(2)15(20)17-7-5-6-13(9-17)14(19)16-11(3)8-12(4)18/h10-13,18H,5-9H2,1-4H3,(H,16,19). The summed E-state index contributed by atoms with van der Waals surface area (Å²) in [5.41, 5.74) is 0. The number of rotatable bonds is 5. The van der Waals surface area contributed by atoms with E-state index in [1.165, 1.54) is 0 Å². The maximum Gasteiger partial charge on any atom is 0.225 e. The zero-order valence-electron chi connectivity index (χ0n) is 13.1. The second kappa shape index (κ2) is 7.62.